The molecule has 3 nitrogen and oxygen atoms in total. The SMILES string of the molecule is C=C(/C=C/C=C(/C=C/C=C1/N(CCC(C)C)c2ccc(C(F)(F)F)cc2C1(C)C)OC)C(C)(C)c1cc(C(F)(F)F)ccc1NCCC(C)C. The topological polar surface area (TPSA) is 24.5 Å². The molecule has 3 rings (SSSR count). The smallest absolute Gasteiger partial charge is 0.416 e. The van der Waals surface area contributed by atoms with Gasteiger partial charge in [0.05, 0.1) is 18.2 Å². The van der Waals surface area contributed by atoms with Crippen LogP contribution in [0.15, 0.2) is 96.5 Å². The van der Waals surface area contributed by atoms with Gasteiger partial charge >= 0.3 is 12.4 Å². The molecule has 2 aromatic carbocycles. The summed E-state index contributed by atoms with van der Waals surface area (Å²) in [7, 11) is 1.52. The minimum atomic E-state index is -4.48. The van der Waals surface area contributed by atoms with Crippen LogP contribution in [0, 0.1) is 11.8 Å². The minimum Gasteiger partial charge on any atom is -0.497 e. The van der Waals surface area contributed by atoms with Crippen molar-refractivity contribution in [2.24, 2.45) is 11.8 Å². The number of hydrogen-bond donors (Lipinski definition) is 1. The number of benzene rings is 2. The molecule has 0 bridgehead atoms. The Bertz CT molecular complexity index is 1620. The van der Waals surface area contributed by atoms with Gasteiger partial charge in [-0.2, -0.15) is 26.3 Å². The van der Waals surface area contributed by atoms with Gasteiger partial charge in [-0.1, -0.05) is 80.2 Å². The van der Waals surface area contributed by atoms with Crippen LogP contribution in [0.5, 0.6) is 0 Å². The fraction of sp³-hybridized carbons (Fsp3) is 0.463. The van der Waals surface area contributed by atoms with Gasteiger partial charge in [-0.05, 0) is 96.0 Å². The molecule has 0 fully saturated rings. The Morgan fingerprint density at radius 3 is 2.06 bits per heavy atom. The molecule has 2 aromatic rings. The van der Waals surface area contributed by atoms with E-state index in [1.165, 1.54) is 25.3 Å². The standard InChI is InChI=1S/C41H52F6N2O/c1-27(2)21-23-48-35-19-17-30(40(42,43)44)25-33(35)38(6,7)29(5)13-11-14-32(50-10)15-12-16-37-39(8,9)34-26-31(41(45,46)47)18-20-36(34)49(37)24-22-28(3)4/h11-20,25-28,48H,5,21-24H2,1-4,6-10H3/b13-11+,15-12+,32-14-,37-16+. The lowest BCUT2D eigenvalue weighted by Gasteiger charge is -2.30. The molecule has 1 N–H and O–H groups in total. The van der Waals surface area contributed by atoms with Crippen LogP contribution in [0.2, 0.25) is 0 Å². The van der Waals surface area contributed by atoms with Crippen LogP contribution < -0.4 is 10.2 Å². The first-order valence-corrected chi connectivity index (χ1v) is 17.1. The predicted molar refractivity (Wildman–Crippen MR) is 194 cm³/mol. The van der Waals surface area contributed by atoms with Crippen molar-refractivity contribution in [3.05, 3.63) is 119 Å². The van der Waals surface area contributed by atoms with Gasteiger partial charge in [0.2, 0.25) is 0 Å². The van der Waals surface area contributed by atoms with E-state index in [1.54, 1.807) is 30.4 Å². The highest BCUT2D eigenvalue weighted by Gasteiger charge is 2.42. The van der Waals surface area contributed by atoms with Crippen molar-refractivity contribution in [2.45, 2.75) is 91.4 Å². The van der Waals surface area contributed by atoms with E-state index >= 15 is 0 Å². The summed E-state index contributed by atoms with van der Waals surface area (Å²) in [5.41, 5.74) is 1.11. The van der Waals surface area contributed by atoms with Crippen LogP contribution in [0.25, 0.3) is 0 Å². The van der Waals surface area contributed by atoms with E-state index in [1.807, 2.05) is 39.8 Å². The van der Waals surface area contributed by atoms with Gasteiger partial charge < -0.3 is 15.0 Å². The highest BCUT2D eigenvalue weighted by atomic mass is 19.4. The molecule has 0 aliphatic carbocycles. The Morgan fingerprint density at radius 1 is 0.880 bits per heavy atom. The summed E-state index contributed by atoms with van der Waals surface area (Å²) >= 11 is 0. The Morgan fingerprint density at radius 2 is 1.48 bits per heavy atom. The fourth-order valence-corrected chi connectivity index (χ4v) is 5.93. The largest absolute Gasteiger partial charge is 0.497 e. The van der Waals surface area contributed by atoms with Crippen LogP contribution in [-0.2, 0) is 27.9 Å². The van der Waals surface area contributed by atoms with E-state index in [2.05, 4.69) is 44.5 Å². The zero-order chi connectivity index (χ0) is 37.7. The summed E-state index contributed by atoms with van der Waals surface area (Å²) in [6, 6.07) is 7.74. The molecule has 1 aliphatic heterocycles. The molecule has 0 atom stereocenters. The first-order valence-electron chi connectivity index (χ1n) is 17.1. The molecule has 0 spiro atoms. The maximum Gasteiger partial charge on any atom is 0.416 e. The van der Waals surface area contributed by atoms with Crippen LogP contribution in [0.4, 0.5) is 37.7 Å². The number of fused-ring (bicyclic) bond motifs is 1. The highest BCUT2D eigenvalue weighted by Crippen LogP contribution is 2.49. The van der Waals surface area contributed by atoms with E-state index in [9.17, 15) is 26.3 Å². The van der Waals surface area contributed by atoms with Crippen molar-refractivity contribution in [1.29, 1.82) is 0 Å². The molecular formula is C41H52F6N2O. The van der Waals surface area contributed by atoms with Crippen LogP contribution in [-0.4, -0.2) is 20.2 Å². The monoisotopic (exact) mass is 702 g/mol. The molecule has 0 aromatic heterocycles. The Labute approximate surface area is 294 Å². The number of anilines is 2. The molecule has 1 aliphatic rings. The molecule has 9 heteroatoms. The third-order valence-corrected chi connectivity index (χ3v) is 9.32. The molecular weight excluding hydrogens is 650 g/mol. The number of nitrogens with zero attached hydrogens (tertiary/aromatic N) is 1. The molecule has 0 unspecified atom stereocenters. The van der Waals surface area contributed by atoms with E-state index in [0.717, 1.165) is 36.4 Å². The van der Waals surface area contributed by atoms with Crippen molar-refractivity contribution in [1.82, 2.24) is 0 Å². The van der Waals surface area contributed by atoms with Crippen molar-refractivity contribution < 1.29 is 31.1 Å². The summed E-state index contributed by atoms with van der Waals surface area (Å²) in [5, 5.41) is 3.32. The van der Waals surface area contributed by atoms with E-state index < -0.39 is 34.3 Å². The van der Waals surface area contributed by atoms with Gasteiger partial charge in [-0.3, -0.25) is 0 Å². The summed E-state index contributed by atoms with van der Waals surface area (Å²) in [6.07, 6.45) is 3.52. The fourth-order valence-electron chi connectivity index (χ4n) is 5.93. The zero-order valence-electron chi connectivity index (χ0n) is 30.7. The number of allylic oxidation sites excluding steroid dienone is 8. The van der Waals surface area contributed by atoms with Crippen molar-refractivity contribution >= 4 is 11.4 Å². The van der Waals surface area contributed by atoms with Crippen molar-refractivity contribution in [3.63, 3.8) is 0 Å². The number of ether oxygens (including phenoxy) is 1. The second-order valence-corrected chi connectivity index (χ2v) is 14.7. The van der Waals surface area contributed by atoms with E-state index in [0.29, 0.717) is 53.1 Å². The molecule has 0 radical (unpaired) electrons. The third kappa shape index (κ3) is 9.88. The van der Waals surface area contributed by atoms with Gasteiger partial charge in [0, 0.05) is 41.0 Å². The maximum absolute atomic E-state index is 13.7. The normalized spacial score (nSPS) is 16.4. The van der Waals surface area contributed by atoms with Gasteiger partial charge in [0.25, 0.3) is 0 Å². The Hall–Kier alpha value is -3.88. The predicted octanol–water partition coefficient (Wildman–Crippen LogP) is 12.4. The van der Waals surface area contributed by atoms with Gasteiger partial charge in [0.15, 0.2) is 0 Å². The summed E-state index contributed by atoms with van der Waals surface area (Å²) in [5.74, 6) is 1.35. The molecule has 0 saturated heterocycles. The Kier molecular flexibility index (Phi) is 13.0. The van der Waals surface area contributed by atoms with Gasteiger partial charge in [0.1, 0.15) is 5.76 Å². The first-order chi connectivity index (χ1) is 23.1. The lowest BCUT2D eigenvalue weighted by atomic mass is 9.76. The number of hydrogen-bond acceptors (Lipinski definition) is 3. The molecule has 0 saturated carbocycles. The number of methoxy groups -OCH3 is 1. The lowest BCUT2D eigenvalue weighted by molar-refractivity contribution is -0.138. The summed E-state index contributed by atoms with van der Waals surface area (Å²) < 4.78 is 87.6. The van der Waals surface area contributed by atoms with Crippen LogP contribution >= 0.6 is 0 Å². The van der Waals surface area contributed by atoms with Gasteiger partial charge in [-0.15, -0.1) is 0 Å². The van der Waals surface area contributed by atoms with Gasteiger partial charge in [-0.25, -0.2) is 0 Å². The minimum absolute atomic E-state index is 0.407. The van der Waals surface area contributed by atoms with Crippen molar-refractivity contribution in [3.8, 4) is 0 Å². The zero-order valence-corrected chi connectivity index (χ0v) is 30.7. The molecule has 274 valence electrons. The van der Waals surface area contributed by atoms with E-state index in [4.69, 9.17) is 4.74 Å². The summed E-state index contributed by atoms with van der Waals surface area (Å²) in [4.78, 5) is 2.10. The van der Waals surface area contributed by atoms with E-state index in [-0.39, 0.29) is 0 Å². The molecule has 50 heavy (non-hydrogen) atoms. The number of alkyl halides is 6. The Balaban J connectivity index is 1.90. The summed E-state index contributed by atoms with van der Waals surface area (Å²) in [6.45, 7) is 21.5. The van der Waals surface area contributed by atoms with Crippen molar-refractivity contribution in [2.75, 3.05) is 30.4 Å². The third-order valence-electron chi connectivity index (χ3n) is 9.32. The second-order valence-electron chi connectivity index (χ2n) is 14.7. The average molecular weight is 703 g/mol. The second kappa shape index (κ2) is 16.0. The molecule has 0 amide bonds. The first kappa shape index (κ1) is 40.5. The lowest BCUT2D eigenvalue weighted by Crippen LogP contribution is -2.27. The van der Waals surface area contributed by atoms with Crippen LogP contribution in [0.3, 0.4) is 0 Å². The number of rotatable bonds is 14. The maximum atomic E-state index is 13.7. The highest BCUT2D eigenvalue weighted by molar-refractivity contribution is 5.71. The number of halogens is 6. The quantitative estimate of drug-likeness (QED) is 0.120. The van der Waals surface area contributed by atoms with Crippen LogP contribution in [0.1, 0.15) is 90.5 Å². The molecule has 1 heterocycles. The average Bonchev–Trinajstić information content (AvgIpc) is 3.22. The number of nitrogens with one attached hydrogen (secondary N) is 1.